The number of aliphatic hydroxyl groups excluding tert-OH is 2. The Bertz CT molecular complexity index is 722. The molecule has 0 aliphatic rings. The van der Waals surface area contributed by atoms with E-state index in [0.717, 1.165) is 5.56 Å². The normalized spacial score (nSPS) is 10.4. The average molecular weight is 342 g/mol. The smallest absolute Gasteiger partial charge is 0.255 e. The quantitative estimate of drug-likeness (QED) is 0.714. The lowest BCUT2D eigenvalue weighted by atomic mass is 10.1. The maximum atomic E-state index is 12.5. The Labute approximate surface area is 146 Å². The number of carbonyl (C=O) groups excluding carboxylic acids is 2. The molecule has 0 radical (unpaired) electrons. The molecule has 0 atom stereocenters. The van der Waals surface area contributed by atoms with Crippen LogP contribution >= 0.6 is 0 Å². The molecule has 25 heavy (non-hydrogen) atoms. The lowest BCUT2D eigenvalue weighted by molar-refractivity contribution is 0.0684. The summed E-state index contributed by atoms with van der Waals surface area (Å²) in [5.74, 6) is -0.568. The maximum Gasteiger partial charge on any atom is 0.255 e. The fourth-order valence-corrected chi connectivity index (χ4v) is 2.38. The summed E-state index contributed by atoms with van der Waals surface area (Å²) >= 11 is 0. The van der Waals surface area contributed by atoms with Crippen LogP contribution in [0, 0.1) is 6.92 Å². The summed E-state index contributed by atoms with van der Waals surface area (Å²) in [6.07, 6.45) is 0. The van der Waals surface area contributed by atoms with Crippen molar-refractivity contribution in [3.8, 4) is 0 Å². The van der Waals surface area contributed by atoms with Gasteiger partial charge in [-0.05, 0) is 37.3 Å². The van der Waals surface area contributed by atoms with Crippen LogP contribution in [0.4, 0.5) is 5.69 Å². The summed E-state index contributed by atoms with van der Waals surface area (Å²) in [5.41, 5.74) is 2.48. The van der Waals surface area contributed by atoms with Crippen LogP contribution < -0.4 is 5.32 Å². The molecule has 0 saturated heterocycles. The highest BCUT2D eigenvalue weighted by molar-refractivity contribution is 6.05. The van der Waals surface area contributed by atoms with Crippen LogP contribution in [0.2, 0.25) is 0 Å². The van der Waals surface area contributed by atoms with Gasteiger partial charge < -0.3 is 20.4 Å². The van der Waals surface area contributed by atoms with Crippen LogP contribution in [0.15, 0.2) is 48.5 Å². The number of aryl methyl sites for hydroxylation is 1. The Hall–Kier alpha value is -2.70. The molecule has 6 heteroatoms. The summed E-state index contributed by atoms with van der Waals surface area (Å²) in [6.45, 7) is 1.85. The van der Waals surface area contributed by atoms with E-state index in [-0.39, 0.29) is 38.1 Å². The number of benzene rings is 2. The van der Waals surface area contributed by atoms with Crippen molar-refractivity contribution >= 4 is 17.5 Å². The molecule has 132 valence electrons. The van der Waals surface area contributed by atoms with Gasteiger partial charge in [0.2, 0.25) is 0 Å². The fourth-order valence-electron chi connectivity index (χ4n) is 2.38. The van der Waals surface area contributed by atoms with E-state index >= 15 is 0 Å². The third kappa shape index (κ3) is 5.14. The van der Waals surface area contributed by atoms with Gasteiger partial charge in [-0.2, -0.15) is 0 Å². The van der Waals surface area contributed by atoms with Gasteiger partial charge >= 0.3 is 0 Å². The summed E-state index contributed by atoms with van der Waals surface area (Å²) in [5, 5.41) is 20.9. The number of anilines is 1. The molecule has 2 aromatic carbocycles. The predicted octanol–water partition coefficient (Wildman–Crippen LogP) is 1.67. The van der Waals surface area contributed by atoms with Gasteiger partial charge in [-0.3, -0.25) is 9.59 Å². The van der Waals surface area contributed by atoms with Crippen molar-refractivity contribution in [2.45, 2.75) is 6.92 Å². The first-order valence-corrected chi connectivity index (χ1v) is 8.04. The predicted molar refractivity (Wildman–Crippen MR) is 95.6 cm³/mol. The van der Waals surface area contributed by atoms with E-state index in [0.29, 0.717) is 16.8 Å². The van der Waals surface area contributed by atoms with Crippen LogP contribution in [0.25, 0.3) is 0 Å². The molecule has 0 fully saturated rings. The molecule has 0 aliphatic carbocycles. The number of amides is 2. The molecule has 0 saturated carbocycles. The monoisotopic (exact) mass is 342 g/mol. The first-order chi connectivity index (χ1) is 12.0. The summed E-state index contributed by atoms with van der Waals surface area (Å²) in [4.78, 5) is 26.1. The maximum absolute atomic E-state index is 12.5. The second-order valence-electron chi connectivity index (χ2n) is 5.64. The lowest BCUT2D eigenvalue weighted by Crippen LogP contribution is -2.35. The molecular weight excluding hydrogens is 320 g/mol. The van der Waals surface area contributed by atoms with Crippen molar-refractivity contribution in [2.24, 2.45) is 0 Å². The van der Waals surface area contributed by atoms with Gasteiger partial charge in [-0.15, -0.1) is 0 Å². The molecule has 2 amide bonds. The van der Waals surface area contributed by atoms with E-state index < -0.39 is 0 Å². The number of aliphatic hydroxyl groups is 2. The third-order valence-electron chi connectivity index (χ3n) is 3.71. The van der Waals surface area contributed by atoms with E-state index in [1.807, 2.05) is 19.1 Å². The zero-order chi connectivity index (χ0) is 18.2. The molecule has 0 unspecified atom stereocenters. The molecule has 2 rings (SSSR count). The third-order valence-corrected chi connectivity index (χ3v) is 3.71. The van der Waals surface area contributed by atoms with E-state index in [1.165, 1.54) is 4.90 Å². The highest BCUT2D eigenvalue weighted by Crippen LogP contribution is 2.14. The number of rotatable bonds is 7. The molecule has 2 aromatic rings. The molecule has 0 bridgehead atoms. The van der Waals surface area contributed by atoms with Gasteiger partial charge in [0.1, 0.15) is 0 Å². The molecule has 3 N–H and O–H groups in total. The summed E-state index contributed by atoms with van der Waals surface area (Å²) in [6, 6.07) is 13.8. The van der Waals surface area contributed by atoms with Crippen molar-refractivity contribution in [1.29, 1.82) is 0 Å². The zero-order valence-corrected chi connectivity index (χ0v) is 14.1. The van der Waals surface area contributed by atoms with Gasteiger partial charge in [0.05, 0.1) is 13.2 Å². The number of hydrogen-bond acceptors (Lipinski definition) is 4. The van der Waals surface area contributed by atoms with Crippen LogP contribution in [-0.2, 0) is 0 Å². The van der Waals surface area contributed by atoms with Crippen LogP contribution in [-0.4, -0.2) is 53.2 Å². The zero-order valence-electron chi connectivity index (χ0n) is 14.1. The van der Waals surface area contributed by atoms with Crippen molar-refractivity contribution < 1.29 is 19.8 Å². The van der Waals surface area contributed by atoms with E-state index in [2.05, 4.69) is 5.32 Å². The number of hydrogen-bond donors (Lipinski definition) is 3. The summed E-state index contributed by atoms with van der Waals surface area (Å²) < 4.78 is 0. The van der Waals surface area contributed by atoms with Gasteiger partial charge in [-0.1, -0.05) is 23.8 Å². The molecular formula is C19H22N2O4. The van der Waals surface area contributed by atoms with Crippen LogP contribution in [0.3, 0.4) is 0 Å². The molecule has 0 aliphatic heterocycles. The molecule has 0 aromatic heterocycles. The van der Waals surface area contributed by atoms with E-state index in [4.69, 9.17) is 10.2 Å². The molecule has 0 spiro atoms. The largest absolute Gasteiger partial charge is 0.395 e. The molecule has 6 nitrogen and oxygen atoms in total. The first kappa shape index (κ1) is 18.6. The minimum atomic E-state index is -0.311. The second-order valence-corrected chi connectivity index (χ2v) is 5.64. The van der Waals surface area contributed by atoms with Crippen LogP contribution in [0.1, 0.15) is 26.3 Å². The van der Waals surface area contributed by atoms with Crippen molar-refractivity contribution in [1.82, 2.24) is 4.90 Å². The second kappa shape index (κ2) is 8.96. The Morgan fingerprint density at radius 3 is 2.20 bits per heavy atom. The van der Waals surface area contributed by atoms with Crippen molar-refractivity contribution in [3.63, 3.8) is 0 Å². The van der Waals surface area contributed by atoms with Crippen molar-refractivity contribution in [3.05, 3.63) is 65.2 Å². The first-order valence-electron chi connectivity index (χ1n) is 8.04. The molecule has 0 heterocycles. The van der Waals surface area contributed by atoms with Gasteiger partial charge in [0.25, 0.3) is 11.8 Å². The number of carbonyl (C=O) groups is 2. The SMILES string of the molecule is Cc1ccc(C(=O)Nc2cccc(C(=O)N(CCO)CCO)c2)cc1. The lowest BCUT2D eigenvalue weighted by Gasteiger charge is -2.21. The Morgan fingerprint density at radius 1 is 0.960 bits per heavy atom. The van der Waals surface area contributed by atoms with Gasteiger partial charge in [0, 0.05) is 29.9 Å². The minimum Gasteiger partial charge on any atom is -0.395 e. The van der Waals surface area contributed by atoms with E-state index in [9.17, 15) is 9.59 Å². The highest BCUT2D eigenvalue weighted by Gasteiger charge is 2.15. The minimum absolute atomic E-state index is 0.138. The Kier molecular flexibility index (Phi) is 6.68. The van der Waals surface area contributed by atoms with E-state index in [1.54, 1.807) is 36.4 Å². The Balaban J connectivity index is 2.13. The van der Waals surface area contributed by atoms with Crippen LogP contribution in [0.5, 0.6) is 0 Å². The number of nitrogens with zero attached hydrogens (tertiary/aromatic N) is 1. The Morgan fingerprint density at radius 2 is 1.60 bits per heavy atom. The van der Waals surface area contributed by atoms with Gasteiger partial charge in [0.15, 0.2) is 0 Å². The van der Waals surface area contributed by atoms with Gasteiger partial charge in [-0.25, -0.2) is 0 Å². The topological polar surface area (TPSA) is 89.9 Å². The highest BCUT2D eigenvalue weighted by atomic mass is 16.3. The number of nitrogens with one attached hydrogen (secondary N) is 1. The fraction of sp³-hybridized carbons (Fsp3) is 0.263. The van der Waals surface area contributed by atoms with Crippen molar-refractivity contribution in [2.75, 3.05) is 31.6 Å². The standard InChI is InChI=1S/C19H22N2O4/c1-14-5-7-15(8-6-14)18(24)20-17-4-2-3-16(13-17)19(25)21(9-11-22)10-12-23/h2-8,13,22-23H,9-12H2,1H3,(H,20,24). The average Bonchev–Trinajstić information content (AvgIpc) is 2.61. The summed E-state index contributed by atoms with van der Waals surface area (Å²) in [7, 11) is 0.